The fourth-order valence-electron chi connectivity index (χ4n) is 2.96. The molecule has 0 spiro atoms. The molecule has 1 aromatic heterocycles. The van der Waals surface area contributed by atoms with Gasteiger partial charge in [0, 0.05) is 7.05 Å². The van der Waals surface area contributed by atoms with Crippen molar-refractivity contribution < 1.29 is 4.79 Å². The quantitative estimate of drug-likeness (QED) is 0.628. The minimum absolute atomic E-state index is 0.103. The third kappa shape index (κ3) is 3.96. The average molecular weight is 367 g/mol. The molecule has 0 aliphatic heterocycles. The molecule has 3 nitrogen and oxygen atoms in total. The van der Waals surface area contributed by atoms with E-state index in [0.717, 1.165) is 15.9 Å². The van der Waals surface area contributed by atoms with E-state index in [-0.39, 0.29) is 5.91 Å². The number of fused-ring (bicyclic) bond motifs is 1. The highest BCUT2D eigenvalue weighted by molar-refractivity contribution is 7.16. The zero-order chi connectivity index (χ0) is 18.8. The van der Waals surface area contributed by atoms with Crippen LogP contribution in [0.15, 0.2) is 47.5 Å². The summed E-state index contributed by atoms with van der Waals surface area (Å²) in [6, 6.07) is 14.7. The number of hydrogen-bond acceptors (Lipinski definition) is 2. The molecule has 0 bridgehead atoms. The number of aryl methyl sites for hydroxylation is 1. The maximum absolute atomic E-state index is 12.4. The van der Waals surface area contributed by atoms with Crippen LogP contribution in [0.3, 0.4) is 0 Å². The summed E-state index contributed by atoms with van der Waals surface area (Å²) < 4.78 is 3.18. The molecular weight excluding hydrogens is 340 g/mol. The molecule has 1 amide bonds. The van der Waals surface area contributed by atoms with Gasteiger partial charge >= 0.3 is 0 Å². The van der Waals surface area contributed by atoms with Crippen LogP contribution >= 0.6 is 11.3 Å². The molecule has 0 atom stereocenters. The lowest BCUT2D eigenvalue weighted by molar-refractivity contribution is -0.117. The van der Waals surface area contributed by atoms with Crippen LogP contribution in [0.2, 0.25) is 0 Å². The molecule has 0 saturated heterocycles. The van der Waals surface area contributed by atoms with Crippen LogP contribution in [0, 0.1) is 0 Å². The van der Waals surface area contributed by atoms with Crippen molar-refractivity contribution in [2.24, 2.45) is 12.0 Å². The molecule has 26 heavy (non-hydrogen) atoms. The first-order valence-corrected chi connectivity index (χ1v) is 9.92. The summed E-state index contributed by atoms with van der Waals surface area (Å²) in [5.74, 6) is 0.883. The van der Waals surface area contributed by atoms with E-state index < -0.39 is 0 Å². The van der Waals surface area contributed by atoms with Crippen LogP contribution in [0.5, 0.6) is 0 Å². The Kier molecular flexibility index (Phi) is 5.42. The van der Waals surface area contributed by atoms with E-state index in [2.05, 4.69) is 63.0 Å². The van der Waals surface area contributed by atoms with Gasteiger partial charge in [0.1, 0.15) is 0 Å². The second-order valence-corrected chi connectivity index (χ2v) is 8.41. The molecule has 0 saturated carbocycles. The van der Waals surface area contributed by atoms with E-state index in [1.165, 1.54) is 15.8 Å². The Balaban J connectivity index is 1.86. The van der Waals surface area contributed by atoms with Crippen molar-refractivity contribution in [3.63, 3.8) is 0 Å². The summed E-state index contributed by atoms with van der Waals surface area (Å²) in [6.07, 6.45) is 0.337. The number of rotatable bonds is 4. The summed E-state index contributed by atoms with van der Waals surface area (Å²) in [6.45, 7) is 8.71. The van der Waals surface area contributed by atoms with Gasteiger partial charge in [0.15, 0.2) is 4.80 Å². The summed E-state index contributed by atoms with van der Waals surface area (Å²) in [7, 11) is 1.97. The van der Waals surface area contributed by atoms with Gasteiger partial charge in [0.25, 0.3) is 5.91 Å². The number of carbonyl (C=O) groups excluding carboxylic acids is 1. The molecule has 0 fully saturated rings. The Labute approximate surface area is 159 Å². The van der Waals surface area contributed by atoms with Gasteiger partial charge < -0.3 is 4.57 Å². The van der Waals surface area contributed by atoms with Gasteiger partial charge in [0.2, 0.25) is 0 Å². The predicted molar refractivity (Wildman–Crippen MR) is 110 cm³/mol. The van der Waals surface area contributed by atoms with Crippen molar-refractivity contribution in [1.82, 2.24) is 4.57 Å². The highest BCUT2D eigenvalue weighted by atomic mass is 32.1. The number of nitrogens with zero attached hydrogens (tertiary/aromatic N) is 2. The molecule has 4 heteroatoms. The largest absolute Gasteiger partial charge is 0.319 e. The third-order valence-corrected chi connectivity index (χ3v) is 5.82. The Morgan fingerprint density at radius 1 is 1.00 bits per heavy atom. The fraction of sp³-hybridized carbons (Fsp3) is 0.364. The first kappa shape index (κ1) is 18.6. The second-order valence-electron chi connectivity index (χ2n) is 7.40. The van der Waals surface area contributed by atoms with Crippen molar-refractivity contribution >= 4 is 27.5 Å². The van der Waals surface area contributed by atoms with Crippen LogP contribution in [0.1, 0.15) is 56.2 Å². The van der Waals surface area contributed by atoms with E-state index in [1.54, 1.807) is 11.3 Å². The monoisotopic (exact) mass is 366 g/mol. The van der Waals surface area contributed by atoms with E-state index in [1.807, 2.05) is 23.7 Å². The molecule has 0 unspecified atom stereocenters. The Hall–Kier alpha value is -2.20. The van der Waals surface area contributed by atoms with Gasteiger partial charge in [-0.15, -0.1) is 0 Å². The first-order valence-electron chi connectivity index (χ1n) is 9.11. The van der Waals surface area contributed by atoms with E-state index in [0.29, 0.717) is 18.3 Å². The van der Waals surface area contributed by atoms with Crippen LogP contribution in [-0.4, -0.2) is 10.5 Å². The zero-order valence-corrected chi connectivity index (χ0v) is 16.9. The summed E-state index contributed by atoms with van der Waals surface area (Å²) >= 11 is 1.58. The number of amides is 1. The van der Waals surface area contributed by atoms with Gasteiger partial charge in [-0.3, -0.25) is 4.79 Å². The van der Waals surface area contributed by atoms with E-state index >= 15 is 0 Å². The maximum atomic E-state index is 12.4. The summed E-state index contributed by atoms with van der Waals surface area (Å²) in [5.41, 5.74) is 4.72. The second kappa shape index (κ2) is 7.58. The van der Waals surface area contributed by atoms with Gasteiger partial charge in [0.05, 0.1) is 16.6 Å². The highest BCUT2D eigenvalue weighted by Crippen LogP contribution is 2.23. The predicted octanol–water partition coefficient (Wildman–Crippen LogP) is 5.16. The Bertz CT molecular complexity index is 991. The lowest BCUT2D eigenvalue weighted by atomic mass is 10.0. The molecule has 3 rings (SSSR count). The molecule has 136 valence electrons. The van der Waals surface area contributed by atoms with Gasteiger partial charge in [-0.1, -0.05) is 69.4 Å². The molecule has 0 aliphatic rings. The average Bonchev–Trinajstić information content (AvgIpc) is 2.90. The van der Waals surface area contributed by atoms with Crippen LogP contribution < -0.4 is 4.80 Å². The summed E-state index contributed by atoms with van der Waals surface area (Å²) in [4.78, 5) is 17.6. The number of benzene rings is 2. The number of hydrogen-bond donors (Lipinski definition) is 0. The van der Waals surface area contributed by atoms with Crippen molar-refractivity contribution in [1.29, 1.82) is 0 Å². The molecular formula is C22H26N2OS. The van der Waals surface area contributed by atoms with Crippen LogP contribution in [0.25, 0.3) is 10.2 Å². The van der Waals surface area contributed by atoms with Crippen molar-refractivity contribution in [3.05, 3.63) is 64.0 Å². The zero-order valence-electron chi connectivity index (χ0n) is 16.1. The first-order chi connectivity index (χ1) is 12.3. The molecule has 2 aromatic carbocycles. The van der Waals surface area contributed by atoms with E-state index in [9.17, 15) is 4.79 Å². The van der Waals surface area contributed by atoms with Gasteiger partial charge in [-0.25, -0.2) is 0 Å². The van der Waals surface area contributed by atoms with Crippen molar-refractivity contribution in [2.75, 3.05) is 0 Å². The lowest BCUT2D eigenvalue weighted by Crippen LogP contribution is -2.14. The minimum atomic E-state index is -0.103. The number of carbonyl (C=O) groups is 1. The van der Waals surface area contributed by atoms with Crippen LogP contribution in [-0.2, 0) is 18.3 Å². The normalized spacial score (nSPS) is 12.5. The molecule has 0 N–H and O–H groups in total. The Morgan fingerprint density at radius 2 is 1.62 bits per heavy atom. The smallest absolute Gasteiger partial charge is 0.252 e. The molecule has 3 aromatic rings. The van der Waals surface area contributed by atoms with Crippen molar-refractivity contribution in [2.45, 2.75) is 46.0 Å². The maximum Gasteiger partial charge on any atom is 0.252 e. The lowest BCUT2D eigenvalue weighted by Gasteiger charge is -2.05. The Morgan fingerprint density at radius 3 is 2.23 bits per heavy atom. The highest BCUT2D eigenvalue weighted by Gasteiger charge is 2.08. The number of thiazole rings is 1. The molecule has 0 aliphatic carbocycles. The number of aromatic nitrogens is 1. The topological polar surface area (TPSA) is 34.4 Å². The van der Waals surface area contributed by atoms with Gasteiger partial charge in [-0.2, -0.15) is 4.99 Å². The fourth-order valence-corrected chi connectivity index (χ4v) is 4.04. The molecule has 1 heterocycles. The summed E-state index contributed by atoms with van der Waals surface area (Å²) in [5, 5.41) is 0. The third-order valence-electron chi connectivity index (χ3n) is 4.72. The standard InChI is InChI=1S/C22H26N2OS/c1-14(2)17-8-6-16(7-9-17)12-21(25)23-22-24(5)19-11-10-18(15(3)4)13-20(19)26-22/h6-11,13-15H,12H2,1-5H3. The van der Waals surface area contributed by atoms with Crippen LogP contribution in [0.4, 0.5) is 0 Å². The van der Waals surface area contributed by atoms with Gasteiger partial charge in [-0.05, 0) is 40.7 Å². The van der Waals surface area contributed by atoms with Crippen molar-refractivity contribution in [3.8, 4) is 0 Å². The van der Waals surface area contributed by atoms with E-state index in [4.69, 9.17) is 0 Å². The SMILES string of the molecule is CC(C)c1ccc(CC(=O)N=c2sc3cc(C(C)C)ccc3n2C)cc1. The molecule has 0 radical (unpaired) electrons. The minimum Gasteiger partial charge on any atom is -0.319 e.